The molecule has 0 spiro atoms. The molecule has 0 amide bonds. The maximum absolute atomic E-state index is 11.9. The Morgan fingerprint density at radius 1 is 1.30 bits per heavy atom. The summed E-state index contributed by atoms with van der Waals surface area (Å²) in [6.45, 7) is 4.07. The van der Waals surface area contributed by atoms with Gasteiger partial charge in [0, 0.05) is 11.8 Å². The van der Waals surface area contributed by atoms with Crippen LogP contribution >= 0.6 is 11.3 Å². The van der Waals surface area contributed by atoms with Crippen LogP contribution in [0.2, 0.25) is 0 Å². The summed E-state index contributed by atoms with van der Waals surface area (Å²) in [5.74, 6) is 1.50. The van der Waals surface area contributed by atoms with Crippen LogP contribution in [0.25, 0.3) is 4.96 Å². The monoisotopic (exact) mass is 330 g/mol. The lowest BCUT2D eigenvalue weighted by atomic mass is 10.1. The largest absolute Gasteiger partial charge is 0.454 e. The SMILES string of the molecule is Cc1cc(=O)n2nc(N[C@@H](C)c3ccc4c(c3)OCO4)sc2n1. The highest BCUT2D eigenvalue weighted by molar-refractivity contribution is 7.20. The third kappa shape index (κ3) is 2.50. The lowest BCUT2D eigenvalue weighted by Gasteiger charge is -2.13. The van der Waals surface area contributed by atoms with Crippen molar-refractivity contribution in [3.05, 3.63) is 45.9 Å². The maximum Gasteiger partial charge on any atom is 0.275 e. The lowest BCUT2D eigenvalue weighted by Crippen LogP contribution is -2.14. The Kier molecular flexibility index (Phi) is 3.19. The molecule has 7 nitrogen and oxygen atoms in total. The number of aryl methyl sites for hydroxylation is 1. The van der Waals surface area contributed by atoms with E-state index in [0.717, 1.165) is 17.1 Å². The quantitative estimate of drug-likeness (QED) is 0.794. The third-order valence-corrected chi connectivity index (χ3v) is 4.45. The molecule has 1 aromatic carbocycles. The number of hydrogen-bond donors (Lipinski definition) is 1. The molecule has 0 fully saturated rings. The van der Waals surface area contributed by atoms with Crippen LogP contribution in [0.1, 0.15) is 24.2 Å². The molecule has 1 N–H and O–H groups in total. The normalized spacial score (nSPS) is 14.2. The fraction of sp³-hybridized carbons (Fsp3) is 0.267. The standard InChI is InChI=1S/C15H14N4O3S/c1-8-5-13(20)19-15(16-8)23-14(18-19)17-9(2)10-3-4-11-12(6-10)22-7-21-11/h3-6,9H,7H2,1-2H3,(H,17,18)/t9-/m0/s1. The van der Waals surface area contributed by atoms with Gasteiger partial charge in [-0.2, -0.15) is 4.52 Å². The van der Waals surface area contributed by atoms with Crippen molar-refractivity contribution >= 4 is 21.4 Å². The van der Waals surface area contributed by atoms with Crippen LogP contribution in [0, 0.1) is 6.92 Å². The van der Waals surface area contributed by atoms with Gasteiger partial charge in [0.25, 0.3) is 5.56 Å². The fourth-order valence-electron chi connectivity index (χ4n) is 2.43. The van der Waals surface area contributed by atoms with E-state index in [1.165, 1.54) is 21.9 Å². The average molecular weight is 330 g/mol. The summed E-state index contributed by atoms with van der Waals surface area (Å²) in [4.78, 5) is 16.8. The number of anilines is 1. The van der Waals surface area contributed by atoms with Gasteiger partial charge in [0.15, 0.2) is 11.5 Å². The molecule has 0 radical (unpaired) electrons. The summed E-state index contributed by atoms with van der Waals surface area (Å²) < 4.78 is 12.0. The van der Waals surface area contributed by atoms with Crippen molar-refractivity contribution in [2.75, 3.05) is 12.1 Å². The summed E-state index contributed by atoms with van der Waals surface area (Å²) in [7, 11) is 0. The van der Waals surface area contributed by atoms with E-state index in [1.807, 2.05) is 25.1 Å². The van der Waals surface area contributed by atoms with Crippen LogP contribution in [-0.2, 0) is 0 Å². The van der Waals surface area contributed by atoms with Gasteiger partial charge in [0.1, 0.15) is 0 Å². The fourth-order valence-corrected chi connectivity index (χ4v) is 3.37. The van der Waals surface area contributed by atoms with Gasteiger partial charge in [0.2, 0.25) is 16.9 Å². The molecule has 8 heteroatoms. The van der Waals surface area contributed by atoms with Crippen molar-refractivity contribution in [2.24, 2.45) is 0 Å². The van der Waals surface area contributed by atoms with Crippen molar-refractivity contribution in [1.82, 2.24) is 14.6 Å². The Morgan fingerprint density at radius 2 is 2.13 bits per heavy atom. The van der Waals surface area contributed by atoms with Gasteiger partial charge in [-0.25, -0.2) is 4.98 Å². The first-order chi connectivity index (χ1) is 11.1. The minimum Gasteiger partial charge on any atom is -0.454 e. The van der Waals surface area contributed by atoms with E-state index in [1.54, 1.807) is 6.92 Å². The zero-order valence-corrected chi connectivity index (χ0v) is 13.4. The van der Waals surface area contributed by atoms with Crippen LogP contribution in [0.15, 0.2) is 29.1 Å². The number of rotatable bonds is 3. The molecule has 2 aromatic heterocycles. The average Bonchev–Trinajstić information content (AvgIpc) is 3.12. The molecule has 1 atom stereocenters. The molecule has 1 aliphatic heterocycles. The zero-order valence-electron chi connectivity index (χ0n) is 12.6. The number of aromatic nitrogens is 3. The molecule has 3 aromatic rings. The van der Waals surface area contributed by atoms with Gasteiger partial charge >= 0.3 is 0 Å². The van der Waals surface area contributed by atoms with Crippen LogP contribution < -0.4 is 20.3 Å². The highest BCUT2D eigenvalue weighted by Crippen LogP contribution is 2.35. The molecule has 118 valence electrons. The minimum absolute atomic E-state index is 0.00172. The van der Waals surface area contributed by atoms with E-state index in [-0.39, 0.29) is 18.4 Å². The summed E-state index contributed by atoms with van der Waals surface area (Å²) in [5.41, 5.74) is 1.56. The van der Waals surface area contributed by atoms with Gasteiger partial charge in [0.05, 0.1) is 6.04 Å². The highest BCUT2D eigenvalue weighted by Gasteiger charge is 2.17. The van der Waals surface area contributed by atoms with Gasteiger partial charge in [-0.3, -0.25) is 4.79 Å². The first-order valence-corrected chi connectivity index (χ1v) is 7.95. The molecule has 3 heterocycles. The number of nitrogens with zero attached hydrogens (tertiary/aromatic N) is 3. The topological polar surface area (TPSA) is 77.8 Å². The Bertz CT molecular complexity index is 950. The van der Waals surface area contributed by atoms with Crippen molar-refractivity contribution in [3.63, 3.8) is 0 Å². The molecule has 0 saturated carbocycles. The number of benzene rings is 1. The van der Waals surface area contributed by atoms with Crippen LogP contribution in [0.4, 0.5) is 5.13 Å². The first-order valence-electron chi connectivity index (χ1n) is 7.14. The highest BCUT2D eigenvalue weighted by atomic mass is 32.1. The summed E-state index contributed by atoms with van der Waals surface area (Å²) in [6.07, 6.45) is 0. The zero-order chi connectivity index (χ0) is 16.0. The molecular weight excluding hydrogens is 316 g/mol. The molecule has 0 aliphatic carbocycles. The van der Waals surface area contributed by atoms with Gasteiger partial charge in [-0.15, -0.1) is 5.10 Å². The molecule has 4 rings (SSSR count). The molecule has 0 saturated heterocycles. The third-order valence-electron chi connectivity index (χ3n) is 3.61. The number of fused-ring (bicyclic) bond motifs is 2. The molecular formula is C15H14N4O3S. The van der Waals surface area contributed by atoms with Crippen LogP contribution in [-0.4, -0.2) is 21.4 Å². The Hall–Kier alpha value is -2.61. The summed E-state index contributed by atoms with van der Waals surface area (Å²) in [6, 6.07) is 7.29. The second-order valence-corrected chi connectivity index (χ2v) is 6.27. The summed E-state index contributed by atoms with van der Waals surface area (Å²) >= 11 is 1.35. The minimum atomic E-state index is -0.174. The smallest absolute Gasteiger partial charge is 0.275 e. The van der Waals surface area contributed by atoms with E-state index in [4.69, 9.17) is 9.47 Å². The summed E-state index contributed by atoms with van der Waals surface area (Å²) in [5, 5.41) is 8.23. The van der Waals surface area contributed by atoms with Crippen molar-refractivity contribution in [1.29, 1.82) is 0 Å². The van der Waals surface area contributed by atoms with E-state index in [9.17, 15) is 4.79 Å². The maximum atomic E-state index is 11.9. The predicted octanol–water partition coefficient (Wildman–Crippen LogP) is 2.36. The number of hydrogen-bond acceptors (Lipinski definition) is 7. The van der Waals surface area contributed by atoms with Crippen molar-refractivity contribution < 1.29 is 9.47 Å². The van der Waals surface area contributed by atoms with Gasteiger partial charge in [-0.1, -0.05) is 17.4 Å². The van der Waals surface area contributed by atoms with E-state index in [0.29, 0.717) is 15.8 Å². The Labute approximate surface area is 135 Å². The Balaban J connectivity index is 1.62. The van der Waals surface area contributed by atoms with Gasteiger partial charge in [-0.05, 0) is 31.5 Å². The van der Waals surface area contributed by atoms with Gasteiger partial charge < -0.3 is 14.8 Å². The van der Waals surface area contributed by atoms with Crippen LogP contribution in [0.3, 0.4) is 0 Å². The van der Waals surface area contributed by atoms with E-state index >= 15 is 0 Å². The molecule has 23 heavy (non-hydrogen) atoms. The van der Waals surface area contributed by atoms with Crippen molar-refractivity contribution in [2.45, 2.75) is 19.9 Å². The second kappa shape index (κ2) is 5.24. The van der Waals surface area contributed by atoms with E-state index in [2.05, 4.69) is 15.4 Å². The predicted molar refractivity (Wildman–Crippen MR) is 86.5 cm³/mol. The second-order valence-electron chi connectivity index (χ2n) is 5.32. The number of ether oxygens (including phenoxy) is 2. The Morgan fingerprint density at radius 3 is 3.00 bits per heavy atom. The molecule has 0 bridgehead atoms. The van der Waals surface area contributed by atoms with Crippen molar-refractivity contribution in [3.8, 4) is 11.5 Å². The van der Waals surface area contributed by atoms with Crippen LogP contribution in [0.5, 0.6) is 11.5 Å². The molecule has 1 aliphatic rings. The first kappa shape index (κ1) is 14.0. The van der Waals surface area contributed by atoms with E-state index < -0.39 is 0 Å². The lowest BCUT2D eigenvalue weighted by molar-refractivity contribution is 0.174. The number of nitrogens with one attached hydrogen (secondary N) is 1. The molecule has 0 unspecified atom stereocenters.